The summed E-state index contributed by atoms with van der Waals surface area (Å²) in [7, 11) is 0. The highest BCUT2D eigenvalue weighted by Gasteiger charge is 2.49. The van der Waals surface area contributed by atoms with Crippen LogP contribution in [0.4, 0.5) is 0 Å². The summed E-state index contributed by atoms with van der Waals surface area (Å²) in [4.78, 5) is 39.6. The van der Waals surface area contributed by atoms with Crippen molar-refractivity contribution in [3.8, 4) is 0 Å². The summed E-state index contributed by atoms with van der Waals surface area (Å²) in [5.74, 6) is -1.56. The van der Waals surface area contributed by atoms with E-state index in [1.54, 1.807) is 0 Å². The fourth-order valence-electron chi connectivity index (χ4n) is 3.26. The minimum absolute atomic E-state index is 0.0373. The van der Waals surface area contributed by atoms with Crippen molar-refractivity contribution in [2.45, 2.75) is 28.5 Å². The summed E-state index contributed by atoms with van der Waals surface area (Å²) in [5.41, 5.74) is 0.843. The van der Waals surface area contributed by atoms with E-state index in [0.717, 1.165) is 14.0 Å². The van der Waals surface area contributed by atoms with Gasteiger partial charge in [-0.25, -0.2) is 4.79 Å². The Kier molecular flexibility index (Phi) is 6.40. The van der Waals surface area contributed by atoms with Crippen LogP contribution in [0.2, 0.25) is 0 Å². The fourth-order valence-corrected chi connectivity index (χ4v) is 6.62. The molecular weight excluding hydrogens is 535 g/mol. The van der Waals surface area contributed by atoms with Crippen molar-refractivity contribution in [2.75, 3.05) is 0 Å². The molecule has 2 aromatic rings. The molecule has 1 unspecified atom stereocenters. The van der Waals surface area contributed by atoms with E-state index in [-0.39, 0.29) is 35.7 Å². The monoisotopic (exact) mass is 552 g/mol. The van der Waals surface area contributed by atoms with Crippen LogP contribution in [0.15, 0.2) is 70.1 Å². The van der Waals surface area contributed by atoms with Gasteiger partial charge in [0.25, 0.3) is 0 Å². The molecule has 2 atom stereocenters. The number of amides is 2. The molecule has 6 nitrogen and oxygen atoms in total. The first-order valence-corrected chi connectivity index (χ1v) is 12.0. The number of aliphatic carboxylic acids is 1. The Balaban J connectivity index is 1.65. The summed E-state index contributed by atoms with van der Waals surface area (Å²) < 4.78 is 0.966. The minimum Gasteiger partial charge on any atom is -0.477 e. The van der Waals surface area contributed by atoms with Crippen molar-refractivity contribution in [1.82, 2.24) is 10.2 Å². The number of rotatable bonds is 6. The van der Waals surface area contributed by atoms with Crippen LogP contribution in [0.5, 0.6) is 0 Å². The maximum Gasteiger partial charge on any atom is 0.353 e. The third-order valence-electron chi connectivity index (χ3n) is 4.67. The number of fused-ring (bicyclic) bond motifs is 1. The molecular formula is C21H17IN2O4S2. The largest absolute Gasteiger partial charge is 0.477 e. The van der Waals surface area contributed by atoms with Crippen molar-refractivity contribution in [1.29, 1.82) is 0 Å². The Hall–Kier alpha value is -1.98. The van der Waals surface area contributed by atoms with Crippen molar-refractivity contribution < 1.29 is 19.5 Å². The van der Waals surface area contributed by atoms with Gasteiger partial charge in [0.05, 0.1) is 23.1 Å². The van der Waals surface area contributed by atoms with Crippen molar-refractivity contribution in [2.24, 2.45) is 0 Å². The topological polar surface area (TPSA) is 86.7 Å². The van der Waals surface area contributed by atoms with Crippen molar-refractivity contribution in [3.05, 3.63) is 74.3 Å². The van der Waals surface area contributed by atoms with Gasteiger partial charge in [-0.3, -0.25) is 14.5 Å². The highest BCUT2D eigenvalue weighted by Crippen LogP contribution is 2.48. The van der Waals surface area contributed by atoms with Gasteiger partial charge in [0.1, 0.15) is 11.1 Å². The lowest BCUT2D eigenvalue weighted by atomic mass is 10.1. The molecule has 0 aliphatic carbocycles. The first-order valence-electron chi connectivity index (χ1n) is 9.14. The van der Waals surface area contributed by atoms with Crippen LogP contribution in [0.1, 0.15) is 12.0 Å². The van der Waals surface area contributed by atoms with Crippen LogP contribution in [0, 0.1) is 3.57 Å². The Bertz CT molecular complexity index is 1040. The maximum atomic E-state index is 12.7. The normalized spacial score (nSPS) is 20.4. The van der Waals surface area contributed by atoms with E-state index in [9.17, 15) is 19.5 Å². The molecule has 2 aliphatic rings. The molecule has 2 N–H and O–H groups in total. The van der Waals surface area contributed by atoms with Gasteiger partial charge < -0.3 is 10.4 Å². The van der Waals surface area contributed by atoms with Crippen LogP contribution in [-0.4, -0.2) is 38.5 Å². The standard InChI is InChI=1S/C21H17IN2O4S2/c22-13-8-4-5-9-14(13)29-19-18(21(27)28)24-16(26)11-17(24)30-20(19)23-15(25)10-12-6-2-1-3-7-12/h1-9,17,20H,10-11H2,(H,23,25)(H,27,28)/t17-,20?/m1/s1. The van der Waals surface area contributed by atoms with E-state index in [2.05, 4.69) is 27.9 Å². The predicted octanol–water partition coefficient (Wildman–Crippen LogP) is 3.67. The lowest BCUT2D eigenvalue weighted by Gasteiger charge is -2.46. The highest BCUT2D eigenvalue weighted by molar-refractivity contribution is 14.1. The number of thioether (sulfide) groups is 2. The van der Waals surface area contributed by atoms with E-state index in [1.165, 1.54) is 28.4 Å². The molecule has 0 bridgehead atoms. The maximum absolute atomic E-state index is 12.7. The summed E-state index contributed by atoms with van der Waals surface area (Å²) in [6.07, 6.45) is 0.474. The first kappa shape index (κ1) is 21.3. The lowest BCUT2D eigenvalue weighted by Crippen LogP contribution is -2.57. The Morgan fingerprint density at radius 2 is 1.87 bits per heavy atom. The molecule has 9 heteroatoms. The van der Waals surface area contributed by atoms with E-state index in [4.69, 9.17) is 0 Å². The summed E-state index contributed by atoms with van der Waals surface area (Å²) >= 11 is 4.88. The van der Waals surface area contributed by atoms with Crippen LogP contribution in [0.25, 0.3) is 0 Å². The number of nitrogens with one attached hydrogen (secondary N) is 1. The molecule has 0 spiro atoms. The SMILES string of the molecule is O=C(Cc1ccccc1)NC1S[C@@H]2CC(=O)N2C(C(=O)O)=C1Sc1ccccc1I. The Labute approximate surface area is 195 Å². The van der Waals surface area contributed by atoms with Crippen molar-refractivity contribution in [3.63, 3.8) is 0 Å². The summed E-state index contributed by atoms with van der Waals surface area (Å²) in [6, 6.07) is 17.0. The first-order chi connectivity index (χ1) is 14.4. The average Bonchev–Trinajstić information content (AvgIpc) is 2.71. The average molecular weight is 552 g/mol. The zero-order valence-electron chi connectivity index (χ0n) is 15.6. The van der Waals surface area contributed by atoms with E-state index < -0.39 is 11.3 Å². The number of hydrogen-bond donors (Lipinski definition) is 2. The molecule has 1 saturated heterocycles. The molecule has 2 aromatic carbocycles. The number of carboxylic acids is 1. The fraction of sp³-hybridized carbons (Fsp3) is 0.190. The van der Waals surface area contributed by atoms with Crippen LogP contribution in [-0.2, 0) is 20.8 Å². The second-order valence-corrected chi connectivity index (χ2v) is 10.3. The Morgan fingerprint density at radius 3 is 2.53 bits per heavy atom. The number of carbonyl (C=O) groups excluding carboxylic acids is 2. The van der Waals surface area contributed by atoms with Gasteiger partial charge >= 0.3 is 5.97 Å². The quantitative estimate of drug-likeness (QED) is 0.421. The molecule has 1 fully saturated rings. The number of β-lactam (4-membered cyclic amide) rings is 1. The van der Waals surface area contributed by atoms with E-state index in [0.29, 0.717) is 4.91 Å². The van der Waals surface area contributed by atoms with Gasteiger partial charge in [-0.1, -0.05) is 54.2 Å². The van der Waals surface area contributed by atoms with Gasteiger partial charge in [-0.15, -0.1) is 11.8 Å². The third-order valence-corrected chi connectivity index (χ3v) is 8.67. The minimum atomic E-state index is -1.16. The van der Waals surface area contributed by atoms with Gasteiger partial charge in [0, 0.05) is 8.47 Å². The van der Waals surface area contributed by atoms with E-state index >= 15 is 0 Å². The number of carbonyl (C=O) groups is 3. The molecule has 2 aliphatic heterocycles. The predicted molar refractivity (Wildman–Crippen MR) is 125 cm³/mol. The summed E-state index contributed by atoms with van der Waals surface area (Å²) in [6.45, 7) is 0. The van der Waals surface area contributed by atoms with Crippen LogP contribution < -0.4 is 5.32 Å². The van der Waals surface area contributed by atoms with Crippen molar-refractivity contribution >= 4 is 63.9 Å². The smallest absolute Gasteiger partial charge is 0.353 e. The molecule has 0 aromatic heterocycles. The molecule has 2 amide bonds. The van der Waals surface area contributed by atoms with E-state index in [1.807, 2.05) is 54.6 Å². The highest BCUT2D eigenvalue weighted by atomic mass is 127. The number of hydrogen-bond acceptors (Lipinski definition) is 5. The molecule has 0 radical (unpaired) electrons. The molecule has 154 valence electrons. The number of carboxylic acid groups (broad SMARTS) is 1. The zero-order valence-corrected chi connectivity index (χ0v) is 19.4. The van der Waals surface area contributed by atoms with Gasteiger partial charge in [-0.05, 0) is 40.3 Å². The second kappa shape index (κ2) is 9.03. The molecule has 0 saturated carbocycles. The number of halogens is 1. The van der Waals surface area contributed by atoms with Gasteiger partial charge in [0.2, 0.25) is 11.8 Å². The number of benzene rings is 2. The van der Waals surface area contributed by atoms with Crippen LogP contribution in [0.3, 0.4) is 0 Å². The number of nitrogens with zero attached hydrogens (tertiary/aromatic N) is 1. The van der Waals surface area contributed by atoms with Gasteiger partial charge in [-0.2, -0.15) is 0 Å². The third kappa shape index (κ3) is 4.37. The Morgan fingerprint density at radius 1 is 1.17 bits per heavy atom. The molecule has 4 rings (SSSR count). The molecule has 30 heavy (non-hydrogen) atoms. The second-order valence-electron chi connectivity index (χ2n) is 6.72. The summed E-state index contributed by atoms with van der Waals surface area (Å²) in [5, 5.41) is 12.1. The molecule has 2 heterocycles. The van der Waals surface area contributed by atoms with Crippen LogP contribution >= 0.6 is 46.1 Å². The van der Waals surface area contributed by atoms with Gasteiger partial charge in [0.15, 0.2) is 0 Å². The zero-order chi connectivity index (χ0) is 21.3. The lowest BCUT2D eigenvalue weighted by molar-refractivity contribution is -0.146.